The van der Waals surface area contributed by atoms with E-state index in [1.165, 1.54) is 7.05 Å². The van der Waals surface area contributed by atoms with Gasteiger partial charge in [0.1, 0.15) is 0 Å². The van der Waals surface area contributed by atoms with E-state index < -0.39 is 40.3 Å². The average Bonchev–Trinajstić information content (AvgIpc) is 2.19. The Morgan fingerprint density at radius 2 is 1.41 bits per heavy atom. The number of hydrogen-bond acceptors (Lipinski definition) is 1. The van der Waals surface area contributed by atoms with Crippen molar-refractivity contribution in [1.29, 1.82) is 0 Å². The van der Waals surface area contributed by atoms with E-state index in [2.05, 4.69) is 5.32 Å². The molecule has 0 spiro atoms. The predicted molar refractivity (Wildman–Crippen MR) is 57.5 cm³/mol. The van der Waals surface area contributed by atoms with Gasteiger partial charge in [-0.15, -0.1) is 0 Å². The second-order valence-electron chi connectivity index (χ2n) is 4.97. The van der Waals surface area contributed by atoms with Gasteiger partial charge in [0.15, 0.2) is 23.3 Å². The van der Waals surface area contributed by atoms with Crippen LogP contribution in [0.5, 0.6) is 0 Å². The van der Waals surface area contributed by atoms with Gasteiger partial charge in [-0.25, -0.2) is 17.6 Å². The zero-order valence-corrected chi connectivity index (χ0v) is 10.2. The lowest BCUT2D eigenvalue weighted by Gasteiger charge is -2.31. The maximum atomic E-state index is 13.6. The van der Waals surface area contributed by atoms with Gasteiger partial charge >= 0.3 is 0 Å². The van der Waals surface area contributed by atoms with Gasteiger partial charge in [0.05, 0.1) is 0 Å². The van der Waals surface area contributed by atoms with Crippen molar-refractivity contribution in [3.63, 3.8) is 0 Å². The van der Waals surface area contributed by atoms with Crippen LogP contribution in [0.25, 0.3) is 0 Å². The first kappa shape index (κ1) is 14.0. The SMILES string of the molecule is CNC(c1c(F)c(F)cc(F)c1F)C(C)(C)C. The minimum absolute atomic E-state index is 0.212. The van der Waals surface area contributed by atoms with Crippen molar-refractivity contribution in [2.75, 3.05) is 7.05 Å². The van der Waals surface area contributed by atoms with E-state index in [1.54, 1.807) is 20.8 Å². The molecule has 1 aromatic carbocycles. The molecule has 1 nitrogen and oxygen atoms in total. The van der Waals surface area contributed by atoms with E-state index >= 15 is 0 Å². The highest BCUT2D eigenvalue weighted by molar-refractivity contribution is 5.27. The average molecular weight is 249 g/mol. The van der Waals surface area contributed by atoms with Crippen LogP contribution in [0.4, 0.5) is 17.6 Å². The Hall–Kier alpha value is -1.10. The molecule has 1 N–H and O–H groups in total. The largest absolute Gasteiger partial charge is 0.312 e. The Morgan fingerprint density at radius 3 is 1.71 bits per heavy atom. The Balaban J connectivity index is 3.48. The smallest absolute Gasteiger partial charge is 0.166 e. The van der Waals surface area contributed by atoms with Crippen molar-refractivity contribution in [3.8, 4) is 0 Å². The van der Waals surface area contributed by atoms with Crippen molar-refractivity contribution in [2.24, 2.45) is 5.41 Å². The van der Waals surface area contributed by atoms with E-state index in [-0.39, 0.29) is 6.07 Å². The summed E-state index contributed by atoms with van der Waals surface area (Å²) in [5.74, 6) is -5.47. The minimum atomic E-state index is -1.39. The quantitative estimate of drug-likeness (QED) is 0.624. The molecule has 0 aliphatic carbocycles. The van der Waals surface area contributed by atoms with E-state index in [9.17, 15) is 17.6 Å². The highest BCUT2D eigenvalue weighted by Gasteiger charge is 2.32. The first-order valence-corrected chi connectivity index (χ1v) is 5.20. The monoisotopic (exact) mass is 249 g/mol. The number of hydrogen-bond donors (Lipinski definition) is 1. The van der Waals surface area contributed by atoms with Gasteiger partial charge in [-0.3, -0.25) is 0 Å². The second-order valence-corrected chi connectivity index (χ2v) is 4.97. The Kier molecular flexibility index (Phi) is 3.81. The van der Waals surface area contributed by atoms with Gasteiger partial charge in [-0.2, -0.15) is 0 Å². The Morgan fingerprint density at radius 1 is 1.00 bits per heavy atom. The standard InChI is InChI=1S/C12H15F4N/c1-12(2,3)11(17-4)8-9(15)6(13)5-7(14)10(8)16/h5,11,17H,1-4H3. The van der Waals surface area contributed by atoms with E-state index in [1.807, 2.05) is 0 Å². The number of halogens is 4. The van der Waals surface area contributed by atoms with Crippen LogP contribution >= 0.6 is 0 Å². The van der Waals surface area contributed by atoms with Crippen molar-refractivity contribution in [2.45, 2.75) is 26.8 Å². The molecule has 0 saturated heterocycles. The highest BCUT2D eigenvalue weighted by atomic mass is 19.2. The summed E-state index contributed by atoms with van der Waals surface area (Å²) in [6.45, 7) is 5.15. The van der Waals surface area contributed by atoms with Crippen LogP contribution < -0.4 is 5.32 Å². The zero-order chi connectivity index (χ0) is 13.4. The number of benzene rings is 1. The van der Waals surface area contributed by atoms with Gasteiger partial charge < -0.3 is 5.32 Å². The van der Waals surface area contributed by atoms with Crippen molar-refractivity contribution in [1.82, 2.24) is 5.32 Å². The molecule has 5 heteroatoms. The third-order valence-corrected chi connectivity index (χ3v) is 2.59. The Labute approximate surface area is 97.8 Å². The first-order valence-electron chi connectivity index (χ1n) is 5.20. The van der Waals surface area contributed by atoms with Gasteiger partial charge in [0.2, 0.25) is 0 Å². The molecule has 17 heavy (non-hydrogen) atoms. The zero-order valence-electron chi connectivity index (χ0n) is 10.2. The van der Waals surface area contributed by atoms with Crippen LogP contribution in [-0.4, -0.2) is 7.05 Å². The predicted octanol–water partition coefficient (Wildman–Crippen LogP) is 3.55. The van der Waals surface area contributed by atoms with Crippen LogP contribution in [0.1, 0.15) is 32.4 Å². The summed E-state index contributed by atoms with van der Waals surface area (Å²) in [5.41, 5.74) is -1.19. The minimum Gasteiger partial charge on any atom is -0.312 e. The second kappa shape index (κ2) is 4.64. The molecule has 0 aliphatic heterocycles. The van der Waals surface area contributed by atoms with Gasteiger partial charge in [0, 0.05) is 17.7 Å². The van der Waals surface area contributed by atoms with Gasteiger partial charge in [0.25, 0.3) is 0 Å². The van der Waals surface area contributed by atoms with Crippen LogP contribution in [-0.2, 0) is 0 Å². The summed E-state index contributed by atoms with van der Waals surface area (Å²) in [4.78, 5) is 0. The molecule has 1 atom stereocenters. The summed E-state index contributed by atoms with van der Waals surface area (Å²) in [6, 6.07) is -0.614. The van der Waals surface area contributed by atoms with Crippen molar-refractivity contribution >= 4 is 0 Å². The van der Waals surface area contributed by atoms with Crippen LogP contribution in [0, 0.1) is 28.7 Å². The molecule has 0 saturated carbocycles. The summed E-state index contributed by atoms with van der Waals surface area (Å²) < 4.78 is 53.4. The molecule has 0 radical (unpaired) electrons. The molecular formula is C12H15F4N. The fourth-order valence-electron chi connectivity index (χ4n) is 1.86. The lowest BCUT2D eigenvalue weighted by molar-refractivity contribution is 0.266. The number of rotatable bonds is 2. The van der Waals surface area contributed by atoms with Crippen LogP contribution in [0.3, 0.4) is 0 Å². The molecule has 0 aromatic heterocycles. The number of nitrogens with one attached hydrogen (secondary N) is 1. The van der Waals surface area contributed by atoms with Crippen molar-refractivity contribution in [3.05, 3.63) is 34.9 Å². The molecule has 1 unspecified atom stereocenters. The molecule has 0 aliphatic rings. The molecule has 0 amide bonds. The molecular weight excluding hydrogens is 234 g/mol. The maximum Gasteiger partial charge on any atom is 0.166 e. The summed E-state index contributed by atoms with van der Waals surface area (Å²) in [7, 11) is 1.48. The molecule has 0 bridgehead atoms. The lowest BCUT2D eigenvalue weighted by atomic mass is 9.82. The summed E-state index contributed by atoms with van der Waals surface area (Å²) >= 11 is 0. The maximum absolute atomic E-state index is 13.6. The molecule has 1 aromatic rings. The third-order valence-electron chi connectivity index (χ3n) is 2.59. The fourth-order valence-corrected chi connectivity index (χ4v) is 1.86. The summed E-state index contributed by atoms with van der Waals surface area (Å²) in [6.07, 6.45) is 0. The molecule has 0 heterocycles. The Bertz CT molecular complexity index is 397. The van der Waals surface area contributed by atoms with Crippen molar-refractivity contribution < 1.29 is 17.6 Å². The van der Waals surface area contributed by atoms with Gasteiger partial charge in [-0.1, -0.05) is 20.8 Å². The van der Waals surface area contributed by atoms with Crippen LogP contribution in [0.2, 0.25) is 0 Å². The topological polar surface area (TPSA) is 12.0 Å². The lowest BCUT2D eigenvalue weighted by Crippen LogP contribution is -2.32. The third kappa shape index (κ3) is 2.60. The van der Waals surface area contributed by atoms with E-state index in [0.29, 0.717) is 0 Å². The summed E-state index contributed by atoms with van der Waals surface area (Å²) in [5, 5.41) is 2.68. The molecule has 1 rings (SSSR count). The van der Waals surface area contributed by atoms with Crippen LogP contribution in [0.15, 0.2) is 6.07 Å². The molecule has 0 fully saturated rings. The fraction of sp³-hybridized carbons (Fsp3) is 0.500. The first-order chi connectivity index (χ1) is 7.70. The van der Waals surface area contributed by atoms with E-state index in [0.717, 1.165) is 0 Å². The van der Waals surface area contributed by atoms with Gasteiger partial charge in [-0.05, 0) is 12.5 Å². The normalized spacial score (nSPS) is 13.9. The molecule has 96 valence electrons. The highest BCUT2D eigenvalue weighted by Crippen LogP contribution is 2.36. The van der Waals surface area contributed by atoms with E-state index in [4.69, 9.17) is 0 Å².